The number of amides is 1. The molecule has 0 aromatic carbocycles. The van der Waals surface area contributed by atoms with Crippen LogP contribution in [-0.4, -0.2) is 59.2 Å². The van der Waals surface area contributed by atoms with Gasteiger partial charge in [0.1, 0.15) is 5.60 Å². The molecule has 1 fully saturated rings. The highest BCUT2D eigenvalue weighted by Crippen LogP contribution is 2.45. The van der Waals surface area contributed by atoms with Crippen molar-refractivity contribution in [2.75, 3.05) is 26.9 Å². The van der Waals surface area contributed by atoms with Crippen LogP contribution in [0.25, 0.3) is 0 Å². The van der Waals surface area contributed by atoms with Crippen LogP contribution in [-0.2, 0) is 32.7 Å². The molecule has 0 unspecified atom stereocenters. The predicted octanol–water partition coefficient (Wildman–Crippen LogP) is 2.49. The Labute approximate surface area is 159 Å². The summed E-state index contributed by atoms with van der Waals surface area (Å²) >= 11 is 0. The van der Waals surface area contributed by atoms with E-state index in [9.17, 15) is 9.59 Å². The SMILES string of the molecule is CCOC(=O)c1nn(C2(COC)CC2)c2c1CN(C(=O)OC(C)(C)C)CC2. The zero-order chi connectivity index (χ0) is 19.8. The molecule has 0 bridgehead atoms. The molecule has 0 saturated heterocycles. The zero-order valence-corrected chi connectivity index (χ0v) is 16.8. The van der Waals surface area contributed by atoms with E-state index >= 15 is 0 Å². The Kier molecular flexibility index (Phi) is 5.20. The molecule has 1 saturated carbocycles. The maximum Gasteiger partial charge on any atom is 0.410 e. The zero-order valence-electron chi connectivity index (χ0n) is 16.8. The quantitative estimate of drug-likeness (QED) is 0.731. The Morgan fingerprint density at radius 2 is 1.96 bits per heavy atom. The van der Waals surface area contributed by atoms with E-state index < -0.39 is 11.6 Å². The van der Waals surface area contributed by atoms with Crippen LogP contribution in [0.4, 0.5) is 4.79 Å². The van der Waals surface area contributed by atoms with Gasteiger partial charge in [-0.25, -0.2) is 9.59 Å². The molecule has 1 aliphatic heterocycles. The lowest BCUT2D eigenvalue weighted by atomic mass is 10.0. The summed E-state index contributed by atoms with van der Waals surface area (Å²) in [6.07, 6.45) is 2.17. The number of fused-ring (bicyclic) bond motifs is 1. The van der Waals surface area contributed by atoms with E-state index in [0.717, 1.165) is 24.1 Å². The van der Waals surface area contributed by atoms with Gasteiger partial charge in [-0.1, -0.05) is 0 Å². The lowest BCUT2D eigenvalue weighted by Gasteiger charge is -2.31. The number of esters is 1. The molecule has 2 aliphatic rings. The second kappa shape index (κ2) is 7.14. The molecule has 3 rings (SSSR count). The Hall–Kier alpha value is -2.09. The summed E-state index contributed by atoms with van der Waals surface area (Å²) in [4.78, 5) is 26.6. The largest absolute Gasteiger partial charge is 0.461 e. The molecule has 8 heteroatoms. The first kappa shape index (κ1) is 19.7. The van der Waals surface area contributed by atoms with Crippen molar-refractivity contribution in [1.82, 2.24) is 14.7 Å². The van der Waals surface area contributed by atoms with Crippen molar-refractivity contribution in [2.45, 2.75) is 64.6 Å². The lowest BCUT2D eigenvalue weighted by molar-refractivity contribution is 0.0218. The third kappa shape index (κ3) is 3.95. The van der Waals surface area contributed by atoms with Gasteiger partial charge in [-0.2, -0.15) is 5.10 Å². The van der Waals surface area contributed by atoms with Gasteiger partial charge in [-0.05, 0) is 40.5 Å². The fourth-order valence-corrected chi connectivity index (χ4v) is 3.49. The van der Waals surface area contributed by atoms with Crippen molar-refractivity contribution in [3.05, 3.63) is 17.0 Å². The number of nitrogens with zero attached hydrogens (tertiary/aromatic N) is 3. The van der Waals surface area contributed by atoms with Crippen molar-refractivity contribution >= 4 is 12.1 Å². The molecule has 0 radical (unpaired) electrons. The minimum absolute atomic E-state index is 0.183. The van der Waals surface area contributed by atoms with Gasteiger partial charge in [0.15, 0.2) is 5.69 Å². The predicted molar refractivity (Wildman–Crippen MR) is 97.6 cm³/mol. The van der Waals surface area contributed by atoms with Crippen LogP contribution in [0.15, 0.2) is 0 Å². The van der Waals surface area contributed by atoms with E-state index in [0.29, 0.717) is 31.8 Å². The monoisotopic (exact) mass is 379 g/mol. The summed E-state index contributed by atoms with van der Waals surface area (Å²) in [6.45, 7) is 8.93. The van der Waals surface area contributed by atoms with E-state index in [1.165, 1.54) is 0 Å². The van der Waals surface area contributed by atoms with Gasteiger partial charge in [0.2, 0.25) is 0 Å². The van der Waals surface area contributed by atoms with Crippen LogP contribution in [0.3, 0.4) is 0 Å². The Balaban J connectivity index is 1.92. The first-order valence-corrected chi connectivity index (χ1v) is 9.46. The molecular formula is C19H29N3O5. The fraction of sp³-hybridized carbons (Fsp3) is 0.737. The number of ether oxygens (including phenoxy) is 3. The summed E-state index contributed by atoms with van der Waals surface area (Å²) in [5.41, 5.74) is 1.29. The number of methoxy groups -OCH3 is 1. The standard InChI is InChI=1S/C19H29N3O5/c1-6-26-16(23)15-13-11-21(17(24)27-18(2,3)4)10-7-14(13)22(20-15)19(8-9-19)12-25-5/h6-12H2,1-5H3. The van der Waals surface area contributed by atoms with E-state index in [2.05, 4.69) is 5.10 Å². The average molecular weight is 379 g/mol. The van der Waals surface area contributed by atoms with Crippen LogP contribution in [0.5, 0.6) is 0 Å². The summed E-state index contributed by atoms with van der Waals surface area (Å²) in [7, 11) is 1.67. The third-order valence-electron chi connectivity index (χ3n) is 4.87. The Morgan fingerprint density at radius 1 is 1.26 bits per heavy atom. The summed E-state index contributed by atoms with van der Waals surface area (Å²) in [5.74, 6) is -0.452. The van der Waals surface area contributed by atoms with Gasteiger partial charge in [-0.15, -0.1) is 0 Å². The first-order valence-electron chi connectivity index (χ1n) is 9.46. The lowest BCUT2D eigenvalue weighted by Crippen LogP contribution is -2.41. The number of hydrogen-bond acceptors (Lipinski definition) is 6. The molecule has 0 N–H and O–H groups in total. The number of carbonyl (C=O) groups excluding carboxylic acids is 2. The average Bonchev–Trinajstić information content (AvgIpc) is 3.25. The van der Waals surface area contributed by atoms with Crippen LogP contribution in [0.2, 0.25) is 0 Å². The van der Waals surface area contributed by atoms with E-state index in [1.807, 2.05) is 25.5 Å². The fourth-order valence-electron chi connectivity index (χ4n) is 3.49. The molecular weight excluding hydrogens is 350 g/mol. The van der Waals surface area contributed by atoms with E-state index in [-0.39, 0.29) is 18.2 Å². The minimum atomic E-state index is -0.567. The van der Waals surface area contributed by atoms with Crippen molar-refractivity contribution in [2.24, 2.45) is 0 Å². The molecule has 1 aromatic rings. The van der Waals surface area contributed by atoms with E-state index in [1.54, 1.807) is 18.9 Å². The molecule has 0 spiro atoms. The molecule has 150 valence electrons. The molecule has 8 nitrogen and oxygen atoms in total. The highest BCUT2D eigenvalue weighted by molar-refractivity contribution is 5.89. The van der Waals surface area contributed by atoms with Gasteiger partial charge in [-0.3, -0.25) is 4.68 Å². The molecule has 2 heterocycles. The highest BCUT2D eigenvalue weighted by Gasteiger charge is 2.49. The van der Waals surface area contributed by atoms with Gasteiger partial charge in [0.05, 0.1) is 25.3 Å². The second-order valence-electron chi connectivity index (χ2n) is 8.22. The number of aromatic nitrogens is 2. The normalized spacial score (nSPS) is 18.0. The van der Waals surface area contributed by atoms with Crippen LogP contribution in [0.1, 0.15) is 62.3 Å². The van der Waals surface area contributed by atoms with Gasteiger partial charge in [0.25, 0.3) is 0 Å². The molecule has 27 heavy (non-hydrogen) atoms. The first-order chi connectivity index (χ1) is 12.7. The van der Waals surface area contributed by atoms with Crippen molar-refractivity contribution < 1.29 is 23.8 Å². The molecule has 0 atom stereocenters. The number of rotatable bonds is 5. The highest BCUT2D eigenvalue weighted by atomic mass is 16.6. The second-order valence-corrected chi connectivity index (χ2v) is 8.22. The number of hydrogen-bond donors (Lipinski definition) is 0. The van der Waals surface area contributed by atoms with Crippen LogP contribution >= 0.6 is 0 Å². The Bertz CT molecular complexity index is 730. The van der Waals surface area contributed by atoms with Crippen molar-refractivity contribution in [3.8, 4) is 0 Å². The van der Waals surface area contributed by atoms with Gasteiger partial charge < -0.3 is 19.1 Å². The summed E-state index contributed by atoms with van der Waals surface area (Å²) in [6, 6.07) is 0. The maximum atomic E-state index is 12.5. The summed E-state index contributed by atoms with van der Waals surface area (Å²) in [5, 5.41) is 4.61. The smallest absolute Gasteiger partial charge is 0.410 e. The number of carbonyl (C=O) groups is 2. The van der Waals surface area contributed by atoms with Crippen LogP contribution in [0, 0.1) is 0 Å². The topological polar surface area (TPSA) is 82.9 Å². The molecule has 1 amide bonds. The van der Waals surface area contributed by atoms with Crippen molar-refractivity contribution in [3.63, 3.8) is 0 Å². The van der Waals surface area contributed by atoms with Crippen molar-refractivity contribution in [1.29, 1.82) is 0 Å². The van der Waals surface area contributed by atoms with Gasteiger partial charge in [0, 0.05) is 31.3 Å². The third-order valence-corrected chi connectivity index (χ3v) is 4.87. The van der Waals surface area contributed by atoms with E-state index in [4.69, 9.17) is 14.2 Å². The van der Waals surface area contributed by atoms with Gasteiger partial charge >= 0.3 is 12.1 Å². The summed E-state index contributed by atoms with van der Waals surface area (Å²) < 4.78 is 18.0. The maximum absolute atomic E-state index is 12.5. The van der Waals surface area contributed by atoms with Crippen LogP contribution < -0.4 is 0 Å². The minimum Gasteiger partial charge on any atom is -0.461 e. The Morgan fingerprint density at radius 3 is 2.52 bits per heavy atom. The molecule has 1 aliphatic carbocycles. The molecule has 1 aromatic heterocycles.